The van der Waals surface area contributed by atoms with Crippen molar-refractivity contribution in [2.45, 2.75) is 24.5 Å². The molecule has 1 amide bonds. The van der Waals surface area contributed by atoms with Gasteiger partial charge in [0, 0.05) is 6.08 Å². The maximum absolute atomic E-state index is 12.8. The van der Waals surface area contributed by atoms with Gasteiger partial charge < -0.3 is 18.2 Å². The summed E-state index contributed by atoms with van der Waals surface area (Å²) in [5.41, 5.74) is 0.685. The number of amides is 1. The molecule has 0 unspecified atom stereocenters. The standard InChI is InChI=1S/C24H22N2O6S/c27-24(26(17-21-5-2-14-31-21)18-22-6-3-15-32-22)12-9-19-7-10-23(11-8-19)33(28,29)25-16-20-4-1-13-30-20/h1-15,25H,16-18H2/b12-9+. The predicted octanol–water partition coefficient (Wildman–Crippen LogP) is 4.19. The number of benzene rings is 1. The fourth-order valence-electron chi connectivity index (χ4n) is 3.09. The third-order valence-corrected chi connectivity index (χ3v) is 6.21. The highest BCUT2D eigenvalue weighted by Crippen LogP contribution is 2.15. The molecule has 9 heteroatoms. The zero-order chi connectivity index (χ0) is 23.1. The Morgan fingerprint density at radius 3 is 1.88 bits per heavy atom. The van der Waals surface area contributed by atoms with Gasteiger partial charge in [-0.15, -0.1) is 0 Å². The van der Waals surface area contributed by atoms with Gasteiger partial charge in [0.15, 0.2) is 0 Å². The third kappa shape index (κ3) is 6.12. The van der Waals surface area contributed by atoms with Crippen molar-refractivity contribution in [1.29, 1.82) is 0 Å². The molecule has 0 aliphatic carbocycles. The molecule has 0 saturated heterocycles. The summed E-state index contributed by atoms with van der Waals surface area (Å²) in [6.07, 6.45) is 7.66. The third-order valence-electron chi connectivity index (χ3n) is 4.79. The highest BCUT2D eigenvalue weighted by Gasteiger charge is 2.16. The van der Waals surface area contributed by atoms with Crippen LogP contribution in [-0.2, 0) is 34.5 Å². The van der Waals surface area contributed by atoms with Gasteiger partial charge >= 0.3 is 0 Å². The van der Waals surface area contributed by atoms with Crippen molar-refractivity contribution >= 4 is 22.0 Å². The van der Waals surface area contributed by atoms with E-state index in [2.05, 4.69) is 4.72 Å². The largest absolute Gasteiger partial charge is 0.468 e. The van der Waals surface area contributed by atoms with Crippen LogP contribution >= 0.6 is 0 Å². The molecule has 1 aromatic carbocycles. The molecule has 3 aromatic heterocycles. The molecule has 33 heavy (non-hydrogen) atoms. The molecule has 4 rings (SSSR count). The predicted molar refractivity (Wildman–Crippen MR) is 120 cm³/mol. The molecule has 4 aromatic rings. The van der Waals surface area contributed by atoms with Gasteiger partial charge in [0.2, 0.25) is 15.9 Å². The van der Waals surface area contributed by atoms with Crippen molar-refractivity contribution in [1.82, 2.24) is 9.62 Å². The van der Waals surface area contributed by atoms with Crippen molar-refractivity contribution < 1.29 is 26.5 Å². The van der Waals surface area contributed by atoms with Crippen LogP contribution in [0.15, 0.2) is 104 Å². The Morgan fingerprint density at radius 2 is 1.36 bits per heavy atom. The Labute approximate surface area is 191 Å². The number of rotatable bonds is 10. The Bertz CT molecular complexity index is 1240. The van der Waals surface area contributed by atoms with Crippen molar-refractivity contribution in [2.24, 2.45) is 0 Å². The lowest BCUT2D eigenvalue weighted by molar-refractivity contribution is -0.127. The summed E-state index contributed by atoms with van der Waals surface area (Å²) in [4.78, 5) is 14.5. The highest BCUT2D eigenvalue weighted by atomic mass is 32.2. The van der Waals surface area contributed by atoms with Crippen LogP contribution in [0.5, 0.6) is 0 Å². The zero-order valence-electron chi connectivity index (χ0n) is 17.6. The summed E-state index contributed by atoms with van der Waals surface area (Å²) in [5, 5.41) is 0. The molecular formula is C24H22N2O6S. The molecule has 1 N–H and O–H groups in total. The molecule has 0 aliphatic heterocycles. The van der Waals surface area contributed by atoms with Gasteiger partial charge in [-0.05, 0) is 60.2 Å². The van der Waals surface area contributed by atoms with Gasteiger partial charge in [-0.1, -0.05) is 12.1 Å². The average Bonchev–Trinajstić information content (AvgIpc) is 3.60. The first kappa shape index (κ1) is 22.4. The minimum Gasteiger partial charge on any atom is -0.468 e. The topological polar surface area (TPSA) is 106 Å². The number of nitrogens with one attached hydrogen (secondary N) is 1. The van der Waals surface area contributed by atoms with Crippen LogP contribution in [0.3, 0.4) is 0 Å². The van der Waals surface area contributed by atoms with Crippen molar-refractivity contribution in [3.8, 4) is 0 Å². The van der Waals surface area contributed by atoms with Gasteiger partial charge in [0.05, 0.1) is 43.3 Å². The van der Waals surface area contributed by atoms with Crippen molar-refractivity contribution in [3.05, 3.63) is 108 Å². The van der Waals surface area contributed by atoms with E-state index in [-0.39, 0.29) is 30.4 Å². The Kier molecular flexibility index (Phi) is 6.92. The zero-order valence-corrected chi connectivity index (χ0v) is 18.4. The van der Waals surface area contributed by atoms with E-state index in [1.54, 1.807) is 72.0 Å². The fourth-order valence-corrected chi connectivity index (χ4v) is 4.08. The molecule has 0 spiro atoms. The SMILES string of the molecule is O=C(/C=C/c1ccc(S(=O)(=O)NCc2ccco2)cc1)N(Cc1ccco1)Cc1ccco1. The Hall–Kier alpha value is -3.82. The van der Waals surface area contributed by atoms with Gasteiger partial charge in [-0.2, -0.15) is 0 Å². The quantitative estimate of drug-likeness (QED) is 0.351. The molecular weight excluding hydrogens is 444 g/mol. The molecule has 8 nitrogen and oxygen atoms in total. The summed E-state index contributed by atoms with van der Waals surface area (Å²) in [6.45, 7) is 0.636. The van der Waals surface area contributed by atoms with Crippen LogP contribution in [0.4, 0.5) is 0 Å². The number of hydrogen-bond donors (Lipinski definition) is 1. The van der Waals surface area contributed by atoms with E-state index in [1.807, 2.05) is 0 Å². The number of carbonyl (C=O) groups is 1. The molecule has 0 saturated carbocycles. The Balaban J connectivity index is 1.41. The number of carbonyl (C=O) groups excluding carboxylic acids is 1. The summed E-state index contributed by atoms with van der Waals surface area (Å²) in [5.74, 6) is 1.59. The minimum atomic E-state index is -3.69. The lowest BCUT2D eigenvalue weighted by Gasteiger charge is -2.18. The smallest absolute Gasteiger partial charge is 0.247 e. The van der Waals surface area contributed by atoms with Gasteiger partial charge in [-0.3, -0.25) is 4.79 Å². The van der Waals surface area contributed by atoms with Crippen LogP contribution in [0, 0.1) is 0 Å². The van der Waals surface area contributed by atoms with Gasteiger partial charge in [0.25, 0.3) is 0 Å². The first-order valence-electron chi connectivity index (χ1n) is 10.1. The van der Waals surface area contributed by atoms with Crippen LogP contribution < -0.4 is 4.72 Å². The van der Waals surface area contributed by atoms with E-state index < -0.39 is 10.0 Å². The van der Waals surface area contributed by atoms with Gasteiger partial charge in [0.1, 0.15) is 17.3 Å². The molecule has 170 valence electrons. The Morgan fingerprint density at radius 1 is 0.818 bits per heavy atom. The number of nitrogens with zero attached hydrogens (tertiary/aromatic N) is 1. The maximum atomic E-state index is 12.8. The normalized spacial score (nSPS) is 11.8. The summed E-state index contributed by atoms with van der Waals surface area (Å²) in [7, 11) is -3.69. The van der Waals surface area contributed by atoms with E-state index in [1.165, 1.54) is 24.5 Å². The van der Waals surface area contributed by atoms with E-state index in [9.17, 15) is 13.2 Å². The highest BCUT2D eigenvalue weighted by molar-refractivity contribution is 7.89. The fraction of sp³-hybridized carbons (Fsp3) is 0.125. The van der Waals surface area contributed by atoms with Crippen LogP contribution in [0.1, 0.15) is 22.8 Å². The lowest BCUT2D eigenvalue weighted by atomic mass is 10.2. The summed E-state index contributed by atoms with van der Waals surface area (Å²) in [6, 6.07) is 16.7. The van der Waals surface area contributed by atoms with E-state index >= 15 is 0 Å². The molecule has 0 radical (unpaired) electrons. The van der Waals surface area contributed by atoms with Crippen molar-refractivity contribution in [3.63, 3.8) is 0 Å². The maximum Gasteiger partial charge on any atom is 0.247 e. The van der Waals surface area contributed by atoms with Crippen molar-refractivity contribution in [2.75, 3.05) is 0 Å². The second kappa shape index (κ2) is 10.2. The van der Waals surface area contributed by atoms with E-state index in [0.717, 1.165) is 0 Å². The molecule has 3 heterocycles. The number of furan rings is 3. The lowest BCUT2D eigenvalue weighted by Crippen LogP contribution is -2.28. The van der Waals surface area contributed by atoms with Crippen LogP contribution in [0.25, 0.3) is 6.08 Å². The second-order valence-electron chi connectivity index (χ2n) is 7.16. The monoisotopic (exact) mass is 466 g/mol. The van der Waals surface area contributed by atoms with Crippen LogP contribution in [-0.4, -0.2) is 19.2 Å². The molecule has 0 fully saturated rings. The average molecular weight is 467 g/mol. The molecule has 0 aliphatic rings. The second-order valence-corrected chi connectivity index (χ2v) is 8.93. The first-order valence-corrected chi connectivity index (χ1v) is 11.6. The first-order chi connectivity index (χ1) is 16.0. The molecule has 0 bridgehead atoms. The number of hydrogen-bond acceptors (Lipinski definition) is 6. The summed E-state index contributed by atoms with van der Waals surface area (Å²) >= 11 is 0. The number of sulfonamides is 1. The van der Waals surface area contributed by atoms with Gasteiger partial charge in [-0.25, -0.2) is 13.1 Å². The van der Waals surface area contributed by atoms with Crippen LogP contribution in [0.2, 0.25) is 0 Å². The minimum absolute atomic E-state index is 0.0622. The van der Waals surface area contributed by atoms with E-state index in [4.69, 9.17) is 13.3 Å². The molecule has 0 atom stereocenters. The van der Waals surface area contributed by atoms with E-state index in [0.29, 0.717) is 22.8 Å². The summed E-state index contributed by atoms with van der Waals surface area (Å²) < 4.78 is 43.3.